The van der Waals surface area contributed by atoms with Gasteiger partial charge in [-0.15, -0.1) is 22.0 Å². The van der Waals surface area contributed by atoms with E-state index in [0.29, 0.717) is 22.7 Å². The van der Waals surface area contributed by atoms with Gasteiger partial charge >= 0.3 is 12.1 Å². The van der Waals surface area contributed by atoms with E-state index < -0.39 is 54.3 Å². The molecule has 0 radical (unpaired) electrons. The summed E-state index contributed by atoms with van der Waals surface area (Å²) in [7, 11) is 3.32. The molecule has 1 unspecified atom stereocenters. The Kier molecular flexibility index (Phi) is 7.44. The third kappa shape index (κ3) is 5.08. The first-order valence-electron chi connectivity index (χ1n) is 11.8. The third-order valence-electron chi connectivity index (χ3n) is 6.83. The Bertz CT molecular complexity index is 1190. The molecule has 3 amide bonds. The number of nitrogens with zero attached hydrogens (tertiary/aromatic N) is 6. The van der Waals surface area contributed by atoms with Crippen LogP contribution >= 0.6 is 11.8 Å². The molecule has 208 valence electrons. The maximum atomic E-state index is 13.0. The van der Waals surface area contributed by atoms with Crippen molar-refractivity contribution in [2.24, 2.45) is 11.8 Å². The molecule has 3 aliphatic rings. The highest BCUT2D eigenvalue weighted by molar-refractivity contribution is 8.03. The predicted molar refractivity (Wildman–Crippen MR) is 125 cm³/mol. The van der Waals surface area contributed by atoms with Gasteiger partial charge in [0.05, 0.1) is 18.0 Å². The van der Waals surface area contributed by atoms with E-state index in [4.69, 9.17) is 0 Å². The quantitative estimate of drug-likeness (QED) is 0.354. The van der Waals surface area contributed by atoms with Crippen LogP contribution in [-0.4, -0.2) is 103 Å². The zero-order valence-electron chi connectivity index (χ0n) is 20.9. The SMILES string of the molecule is C[C@@H](NC(=O)Cn1nnc(C(F)(F)F)n1)[C@H]1C(=O)N2C(C(=O)O)=C(S[C@@H]3CNC(C(=O)N(C)C)C3)[C@H](C)[C@H]12. The number of hydrogen-bond donors (Lipinski definition) is 3. The van der Waals surface area contributed by atoms with Crippen molar-refractivity contribution in [1.29, 1.82) is 0 Å². The molecule has 0 bridgehead atoms. The summed E-state index contributed by atoms with van der Waals surface area (Å²) in [5.41, 5.74) is -0.0961. The number of alkyl halides is 3. The number of aliphatic carboxylic acids is 1. The van der Waals surface area contributed by atoms with Crippen LogP contribution in [0.3, 0.4) is 0 Å². The van der Waals surface area contributed by atoms with Gasteiger partial charge in [0.15, 0.2) is 0 Å². The molecule has 38 heavy (non-hydrogen) atoms. The Labute approximate surface area is 219 Å². The Morgan fingerprint density at radius 3 is 2.58 bits per heavy atom. The molecule has 2 saturated heterocycles. The van der Waals surface area contributed by atoms with E-state index in [1.807, 2.05) is 6.92 Å². The van der Waals surface area contributed by atoms with Gasteiger partial charge in [0, 0.05) is 42.8 Å². The summed E-state index contributed by atoms with van der Waals surface area (Å²) in [5.74, 6) is -5.06. The second-order valence-electron chi connectivity index (χ2n) is 9.70. The fraction of sp³-hybridized carbons (Fsp3) is 0.667. The van der Waals surface area contributed by atoms with Crippen LogP contribution in [0, 0.1) is 11.8 Å². The number of thioether (sulfide) groups is 1. The molecule has 4 heterocycles. The van der Waals surface area contributed by atoms with E-state index in [-0.39, 0.29) is 28.8 Å². The van der Waals surface area contributed by atoms with Crippen molar-refractivity contribution >= 4 is 35.5 Å². The Morgan fingerprint density at radius 1 is 1.32 bits per heavy atom. The lowest BCUT2D eigenvalue weighted by Gasteiger charge is -2.47. The number of likely N-dealkylation sites (N-methyl/N-ethyl adjacent to an activating group) is 1. The molecule has 3 N–H and O–H groups in total. The fourth-order valence-corrected chi connectivity index (χ4v) is 6.59. The van der Waals surface area contributed by atoms with Crippen molar-refractivity contribution in [2.75, 3.05) is 20.6 Å². The maximum Gasteiger partial charge on any atom is 0.455 e. The molecule has 2 fully saturated rings. The highest BCUT2D eigenvalue weighted by Gasteiger charge is 2.60. The highest BCUT2D eigenvalue weighted by atomic mass is 32.2. The van der Waals surface area contributed by atoms with E-state index in [2.05, 4.69) is 26.0 Å². The van der Waals surface area contributed by atoms with Crippen molar-refractivity contribution in [3.8, 4) is 0 Å². The first-order valence-corrected chi connectivity index (χ1v) is 12.6. The average Bonchev–Trinajstić information content (AvgIpc) is 3.52. The van der Waals surface area contributed by atoms with Gasteiger partial charge in [-0.05, 0) is 18.6 Å². The van der Waals surface area contributed by atoms with Crippen molar-refractivity contribution in [1.82, 2.24) is 40.6 Å². The molecule has 1 aromatic heterocycles. The molecule has 0 aliphatic carbocycles. The van der Waals surface area contributed by atoms with Crippen LogP contribution in [0.4, 0.5) is 13.2 Å². The summed E-state index contributed by atoms with van der Waals surface area (Å²) in [6.07, 6.45) is -4.30. The van der Waals surface area contributed by atoms with Gasteiger partial charge in [-0.2, -0.15) is 18.0 Å². The lowest BCUT2D eigenvalue weighted by molar-refractivity contribution is -0.158. The standard InChI is InChI=1S/C21H27F3N8O5S/c1-8-14-13(9(2)26-12(33)7-31-28-20(27-29-31)21(22,23)24)18(35)32(14)15(19(36)37)16(8)38-10-5-11(25-6-10)17(34)30(3)4/h8-11,13-14,25H,5-7H2,1-4H3,(H,26,33)(H,36,37)/t8-,9-,10+,11?,13-,14-/m1/s1. The van der Waals surface area contributed by atoms with Gasteiger partial charge in [0.25, 0.3) is 5.82 Å². The molecule has 6 atom stereocenters. The number of rotatable bonds is 8. The van der Waals surface area contributed by atoms with Crippen molar-refractivity contribution in [3.05, 3.63) is 16.4 Å². The number of β-lactam (4-membered cyclic amide) rings is 1. The molecule has 0 aromatic carbocycles. The zero-order chi connectivity index (χ0) is 28.1. The van der Waals surface area contributed by atoms with Gasteiger partial charge in [0.2, 0.25) is 17.7 Å². The number of amides is 3. The number of halogens is 3. The van der Waals surface area contributed by atoms with Crippen molar-refractivity contribution < 1.29 is 37.5 Å². The van der Waals surface area contributed by atoms with Crippen LogP contribution in [0.5, 0.6) is 0 Å². The minimum Gasteiger partial charge on any atom is -0.477 e. The van der Waals surface area contributed by atoms with Crippen LogP contribution in [-0.2, 0) is 31.9 Å². The number of tetrazole rings is 1. The monoisotopic (exact) mass is 560 g/mol. The molecule has 0 saturated carbocycles. The molecular formula is C21H27F3N8O5S. The second kappa shape index (κ2) is 10.2. The molecule has 13 nitrogen and oxygen atoms in total. The van der Waals surface area contributed by atoms with Gasteiger partial charge in [-0.3, -0.25) is 14.4 Å². The number of carbonyl (C=O) groups excluding carboxylic acids is 3. The molecule has 1 aromatic rings. The Morgan fingerprint density at radius 2 is 2.00 bits per heavy atom. The van der Waals surface area contributed by atoms with Crippen molar-refractivity contribution in [3.63, 3.8) is 0 Å². The maximum absolute atomic E-state index is 13.0. The number of carboxylic acids is 1. The summed E-state index contributed by atoms with van der Waals surface area (Å²) in [6, 6.07) is -1.62. The lowest BCUT2D eigenvalue weighted by atomic mass is 9.78. The normalized spacial score (nSPS) is 27.7. The second-order valence-corrected chi connectivity index (χ2v) is 11.0. The molecule has 4 rings (SSSR count). The van der Waals surface area contributed by atoms with E-state index in [0.717, 1.165) is 0 Å². The Hall–Kier alpha value is -3.21. The Balaban J connectivity index is 1.41. The number of nitrogens with one attached hydrogen (secondary N) is 2. The molecule has 3 aliphatic heterocycles. The largest absolute Gasteiger partial charge is 0.477 e. The highest BCUT2D eigenvalue weighted by Crippen LogP contribution is 2.51. The first-order chi connectivity index (χ1) is 17.7. The van der Waals surface area contributed by atoms with Crippen LogP contribution in [0.1, 0.15) is 26.1 Å². The van der Waals surface area contributed by atoms with Gasteiger partial charge < -0.3 is 25.5 Å². The van der Waals surface area contributed by atoms with Gasteiger partial charge in [0.1, 0.15) is 12.2 Å². The van der Waals surface area contributed by atoms with Crippen molar-refractivity contribution in [2.45, 2.75) is 56.4 Å². The predicted octanol–water partition coefficient (Wildman–Crippen LogP) is -0.479. The number of fused-ring (bicyclic) bond motifs is 1. The molecular weight excluding hydrogens is 533 g/mol. The summed E-state index contributed by atoms with van der Waals surface area (Å²) in [4.78, 5) is 53.6. The summed E-state index contributed by atoms with van der Waals surface area (Å²) >= 11 is 1.34. The van der Waals surface area contributed by atoms with E-state index in [1.165, 1.54) is 21.6 Å². The molecule has 17 heteroatoms. The average molecular weight is 561 g/mol. The number of aromatic nitrogens is 4. The number of carboxylic acid groups (broad SMARTS) is 1. The van der Waals surface area contributed by atoms with E-state index in [9.17, 15) is 37.5 Å². The van der Waals surface area contributed by atoms with Crippen LogP contribution in [0.25, 0.3) is 0 Å². The summed E-state index contributed by atoms with van der Waals surface area (Å²) < 4.78 is 38.0. The van der Waals surface area contributed by atoms with E-state index in [1.54, 1.807) is 21.0 Å². The minimum atomic E-state index is -4.80. The lowest BCUT2D eigenvalue weighted by Crippen LogP contribution is -2.66. The zero-order valence-corrected chi connectivity index (χ0v) is 21.7. The smallest absolute Gasteiger partial charge is 0.455 e. The minimum absolute atomic E-state index is 0.0700. The topological polar surface area (TPSA) is 163 Å². The van der Waals surface area contributed by atoms with Crippen LogP contribution < -0.4 is 10.6 Å². The molecule has 0 spiro atoms. The van der Waals surface area contributed by atoms with Crippen LogP contribution in [0.2, 0.25) is 0 Å². The fourth-order valence-electron chi connectivity index (χ4n) is 5.11. The number of hydrogen-bond acceptors (Lipinski definition) is 9. The van der Waals surface area contributed by atoms with Crippen LogP contribution in [0.15, 0.2) is 10.6 Å². The summed E-state index contributed by atoms with van der Waals surface area (Å²) in [5, 5.41) is 24.8. The first kappa shape index (κ1) is 27.8. The van der Waals surface area contributed by atoms with E-state index >= 15 is 0 Å². The van der Waals surface area contributed by atoms with Gasteiger partial charge in [-0.25, -0.2) is 4.79 Å². The van der Waals surface area contributed by atoms with Gasteiger partial charge in [-0.1, -0.05) is 6.92 Å². The summed E-state index contributed by atoms with van der Waals surface area (Å²) in [6.45, 7) is 3.25. The number of carbonyl (C=O) groups is 4. The third-order valence-corrected chi connectivity index (χ3v) is 8.34.